The van der Waals surface area contributed by atoms with Gasteiger partial charge < -0.3 is 19.5 Å². The maximum Gasteiger partial charge on any atom is 0.329 e. The van der Waals surface area contributed by atoms with Crippen molar-refractivity contribution in [2.75, 3.05) is 33.8 Å². The van der Waals surface area contributed by atoms with Crippen LogP contribution in [0, 0.1) is 0 Å². The number of nitrogens with zero attached hydrogens (tertiary/aromatic N) is 2. The fourth-order valence-electron chi connectivity index (χ4n) is 2.89. The van der Waals surface area contributed by atoms with E-state index in [1.54, 1.807) is 17.0 Å². The van der Waals surface area contributed by atoms with Gasteiger partial charge in [-0.25, -0.2) is 4.79 Å². The molecule has 2 heterocycles. The highest BCUT2D eigenvalue weighted by atomic mass is 35.5. The average Bonchev–Trinajstić information content (AvgIpc) is 2.99. The zero-order valence-electron chi connectivity index (χ0n) is 13.0. The van der Waals surface area contributed by atoms with Crippen LogP contribution in [-0.4, -0.2) is 66.5 Å². The summed E-state index contributed by atoms with van der Waals surface area (Å²) in [5, 5.41) is 1.43. The number of rotatable bonds is 2. The van der Waals surface area contributed by atoms with Crippen molar-refractivity contribution < 1.29 is 14.3 Å². The van der Waals surface area contributed by atoms with Crippen molar-refractivity contribution in [1.82, 2.24) is 14.8 Å². The molecule has 1 aromatic heterocycles. The van der Waals surface area contributed by atoms with Crippen LogP contribution in [-0.2, 0) is 9.53 Å². The number of aromatic nitrogens is 1. The van der Waals surface area contributed by atoms with E-state index >= 15 is 0 Å². The number of esters is 1. The van der Waals surface area contributed by atoms with Crippen LogP contribution in [0.1, 0.15) is 10.5 Å². The Bertz CT molecular complexity index is 758. The van der Waals surface area contributed by atoms with Crippen LogP contribution in [0.15, 0.2) is 24.3 Å². The first-order valence-electron chi connectivity index (χ1n) is 7.36. The molecule has 7 heteroatoms. The number of para-hydroxylation sites is 1. The minimum absolute atomic E-state index is 0.222. The van der Waals surface area contributed by atoms with Gasteiger partial charge in [0.15, 0.2) is 0 Å². The van der Waals surface area contributed by atoms with Crippen LogP contribution in [0.5, 0.6) is 0 Å². The number of hydrogen-bond donors (Lipinski definition) is 1. The fourth-order valence-corrected chi connectivity index (χ4v) is 3.12. The molecule has 0 radical (unpaired) electrons. The Kier molecular flexibility index (Phi) is 4.28. The Morgan fingerprint density at radius 2 is 2.13 bits per heavy atom. The molecule has 122 valence electrons. The maximum atomic E-state index is 12.8. The normalized spacial score (nSPS) is 19.1. The van der Waals surface area contributed by atoms with Crippen LogP contribution < -0.4 is 0 Å². The molecule has 2 aromatic rings. The molecule has 0 aliphatic carbocycles. The molecule has 1 saturated heterocycles. The summed E-state index contributed by atoms with van der Waals surface area (Å²) in [5.41, 5.74) is 1.15. The van der Waals surface area contributed by atoms with Crippen LogP contribution in [0.25, 0.3) is 10.9 Å². The first-order chi connectivity index (χ1) is 11.0. The summed E-state index contributed by atoms with van der Waals surface area (Å²) in [4.78, 5) is 31.5. The van der Waals surface area contributed by atoms with Gasteiger partial charge >= 0.3 is 5.97 Å². The van der Waals surface area contributed by atoms with E-state index in [9.17, 15) is 9.59 Å². The zero-order valence-corrected chi connectivity index (χ0v) is 13.8. The molecule has 6 nitrogen and oxygen atoms in total. The summed E-state index contributed by atoms with van der Waals surface area (Å²) in [6.07, 6.45) is 0. The lowest BCUT2D eigenvalue weighted by molar-refractivity contribution is -0.148. The number of halogens is 1. The number of fused-ring (bicyclic) bond motifs is 1. The number of methoxy groups -OCH3 is 1. The van der Waals surface area contributed by atoms with Gasteiger partial charge in [0.05, 0.1) is 17.6 Å². The number of nitrogens with one attached hydrogen (secondary N) is 1. The Balaban J connectivity index is 1.93. The third-order valence-corrected chi connectivity index (χ3v) is 4.47. The highest BCUT2D eigenvalue weighted by Gasteiger charge is 2.35. The first-order valence-corrected chi connectivity index (χ1v) is 7.73. The van der Waals surface area contributed by atoms with E-state index in [0.29, 0.717) is 30.4 Å². The van der Waals surface area contributed by atoms with Gasteiger partial charge in [-0.1, -0.05) is 23.7 Å². The standard InChI is InChI=1S/C16H18ClN3O3/c1-19-6-7-20(13(9-19)16(22)23-2)15(21)12-8-10-4-3-5-11(17)14(10)18-12/h3-5,8,13,18H,6-7,9H2,1-2H3. The molecule has 1 unspecified atom stereocenters. The molecule has 0 saturated carbocycles. The minimum atomic E-state index is -0.604. The highest BCUT2D eigenvalue weighted by Crippen LogP contribution is 2.24. The SMILES string of the molecule is COC(=O)C1CN(C)CCN1C(=O)c1cc2cccc(Cl)c2[nH]1. The molecule has 1 amide bonds. The second-order valence-corrected chi connectivity index (χ2v) is 6.09. The van der Waals surface area contributed by atoms with Crippen molar-refractivity contribution in [2.45, 2.75) is 6.04 Å². The largest absolute Gasteiger partial charge is 0.467 e. The molecule has 1 fully saturated rings. The lowest BCUT2D eigenvalue weighted by Crippen LogP contribution is -2.57. The first kappa shape index (κ1) is 15.8. The highest BCUT2D eigenvalue weighted by molar-refractivity contribution is 6.35. The summed E-state index contributed by atoms with van der Waals surface area (Å²) in [7, 11) is 3.25. The second-order valence-electron chi connectivity index (χ2n) is 5.69. The van der Waals surface area contributed by atoms with Gasteiger partial charge in [-0.3, -0.25) is 4.79 Å². The Hall–Kier alpha value is -2.05. The summed E-state index contributed by atoms with van der Waals surface area (Å²) in [5.74, 6) is -0.625. The number of ether oxygens (including phenoxy) is 1. The number of hydrogen-bond acceptors (Lipinski definition) is 4. The van der Waals surface area contributed by atoms with Gasteiger partial charge in [-0.2, -0.15) is 0 Å². The van der Waals surface area contributed by atoms with E-state index in [2.05, 4.69) is 4.98 Å². The van der Waals surface area contributed by atoms with E-state index in [1.807, 2.05) is 24.1 Å². The van der Waals surface area contributed by atoms with Gasteiger partial charge in [0, 0.05) is 25.0 Å². The van der Waals surface area contributed by atoms with Crippen molar-refractivity contribution in [3.8, 4) is 0 Å². The second kappa shape index (κ2) is 6.22. The van der Waals surface area contributed by atoms with Gasteiger partial charge in [0.1, 0.15) is 11.7 Å². The molecule has 1 N–H and O–H groups in total. The number of likely N-dealkylation sites (N-methyl/N-ethyl adjacent to an activating group) is 1. The number of amides is 1. The molecule has 23 heavy (non-hydrogen) atoms. The maximum absolute atomic E-state index is 12.8. The third-order valence-electron chi connectivity index (χ3n) is 4.15. The van der Waals surface area contributed by atoms with E-state index in [4.69, 9.17) is 16.3 Å². The van der Waals surface area contributed by atoms with Crippen molar-refractivity contribution in [2.24, 2.45) is 0 Å². The van der Waals surface area contributed by atoms with Crippen molar-refractivity contribution >= 4 is 34.4 Å². The van der Waals surface area contributed by atoms with Gasteiger partial charge in [-0.05, 0) is 19.2 Å². The summed E-state index contributed by atoms with van der Waals surface area (Å²) in [6, 6.07) is 6.64. The predicted octanol–water partition coefficient (Wildman–Crippen LogP) is 1.75. The van der Waals surface area contributed by atoms with Crippen LogP contribution in [0.3, 0.4) is 0 Å². The number of carbonyl (C=O) groups excluding carboxylic acids is 2. The summed E-state index contributed by atoms with van der Waals surface area (Å²) < 4.78 is 4.84. The molecule has 1 aromatic carbocycles. The van der Waals surface area contributed by atoms with E-state index in [-0.39, 0.29) is 5.91 Å². The van der Waals surface area contributed by atoms with Crippen LogP contribution in [0.2, 0.25) is 5.02 Å². The molecular formula is C16H18ClN3O3. The Morgan fingerprint density at radius 3 is 2.83 bits per heavy atom. The number of aromatic amines is 1. The predicted molar refractivity (Wildman–Crippen MR) is 87.6 cm³/mol. The van der Waals surface area contributed by atoms with Gasteiger partial charge in [0.25, 0.3) is 5.91 Å². The molecule has 1 atom stereocenters. The summed E-state index contributed by atoms with van der Waals surface area (Å²) >= 11 is 6.14. The number of benzene rings is 1. The van der Waals surface area contributed by atoms with Crippen molar-refractivity contribution in [3.63, 3.8) is 0 Å². The van der Waals surface area contributed by atoms with E-state index in [0.717, 1.165) is 10.9 Å². The molecule has 0 spiro atoms. The van der Waals surface area contributed by atoms with Crippen LogP contribution in [0.4, 0.5) is 0 Å². The number of H-pyrrole nitrogens is 1. The van der Waals surface area contributed by atoms with E-state index in [1.165, 1.54) is 7.11 Å². The third kappa shape index (κ3) is 2.92. The lowest BCUT2D eigenvalue weighted by atomic mass is 10.1. The average molecular weight is 336 g/mol. The molecule has 0 bridgehead atoms. The van der Waals surface area contributed by atoms with Gasteiger partial charge in [0.2, 0.25) is 0 Å². The fraction of sp³-hybridized carbons (Fsp3) is 0.375. The summed E-state index contributed by atoms with van der Waals surface area (Å²) in [6.45, 7) is 1.64. The lowest BCUT2D eigenvalue weighted by Gasteiger charge is -2.38. The van der Waals surface area contributed by atoms with Crippen molar-refractivity contribution in [3.05, 3.63) is 35.0 Å². The zero-order chi connectivity index (χ0) is 16.6. The molecule has 1 aliphatic heterocycles. The molecular weight excluding hydrogens is 318 g/mol. The quantitative estimate of drug-likeness (QED) is 0.849. The Labute approximate surface area is 138 Å². The number of piperazine rings is 1. The smallest absolute Gasteiger partial charge is 0.329 e. The Morgan fingerprint density at radius 1 is 1.35 bits per heavy atom. The van der Waals surface area contributed by atoms with Crippen LogP contribution >= 0.6 is 11.6 Å². The minimum Gasteiger partial charge on any atom is -0.467 e. The van der Waals surface area contributed by atoms with Gasteiger partial charge in [-0.15, -0.1) is 0 Å². The van der Waals surface area contributed by atoms with Crippen molar-refractivity contribution in [1.29, 1.82) is 0 Å². The van der Waals surface area contributed by atoms with E-state index < -0.39 is 12.0 Å². The topological polar surface area (TPSA) is 65.6 Å². The monoisotopic (exact) mass is 335 g/mol. The molecule has 1 aliphatic rings. The number of carbonyl (C=O) groups is 2. The molecule has 3 rings (SSSR count).